The summed E-state index contributed by atoms with van der Waals surface area (Å²) in [5.41, 5.74) is 5.44. The third-order valence-electron chi connectivity index (χ3n) is 6.28. The SMILES string of the molecule is O=C(Nc1cccc(-c2cccnc2)c1)C1(c2ccc(-c3cn[nH]c3)cc2)CCNCC1. The summed E-state index contributed by atoms with van der Waals surface area (Å²) in [5, 5.41) is 13.5. The average molecular weight is 424 g/mol. The van der Waals surface area contributed by atoms with Crippen LogP contribution in [-0.2, 0) is 10.2 Å². The van der Waals surface area contributed by atoms with Gasteiger partial charge in [-0.05, 0) is 60.8 Å². The Bertz CT molecular complexity index is 1180. The predicted molar refractivity (Wildman–Crippen MR) is 126 cm³/mol. The number of amides is 1. The molecule has 0 unspecified atom stereocenters. The fraction of sp³-hybridized carbons (Fsp3) is 0.192. The number of rotatable bonds is 5. The minimum atomic E-state index is -0.565. The minimum absolute atomic E-state index is 0.0402. The highest BCUT2D eigenvalue weighted by atomic mass is 16.2. The lowest BCUT2D eigenvalue weighted by Gasteiger charge is -2.37. The Balaban J connectivity index is 1.43. The lowest BCUT2D eigenvalue weighted by molar-refractivity contribution is -0.122. The van der Waals surface area contributed by atoms with E-state index in [1.807, 2.05) is 48.8 Å². The summed E-state index contributed by atoms with van der Waals surface area (Å²) in [5.74, 6) is 0.0402. The van der Waals surface area contributed by atoms with E-state index in [1.165, 1.54) is 0 Å². The molecule has 1 amide bonds. The number of pyridine rings is 1. The minimum Gasteiger partial charge on any atom is -0.325 e. The molecule has 4 aromatic rings. The molecule has 3 heterocycles. The third kappa shape index (κ3) is 3.92. The van der Waals surface area contributed by atoms with Crippen LogP contribution >= 0.6 is 0 Å². The Morgan fingerprint density at radius 3 is 2.41 bits per heavy atom. The van der Waals surface area contributed by atoms with Gasteiger partial charge >= 0.3 is 0 Å². The molecule has 32 heavy (non-hydrogen) atoms. The summed E-state index contributed by atoms with van der Waals surface area (Å²) < 4.78 is 0. The van der Waals surface area contributed by atoms with Crippen LogP contribution < -0.4 is 10.6 Å². The van der Waals surface area contributed by atoms with Gasteiger partial charge in [0.05, 0.1) is 11.6 Å². The second kappa shape index (κ2) is 8.77. The highest BCUT2D eigenvalue weighted by Gasteiger charge is 2.41. The number of piperidine rings is 1. The van der Waals surface area contributed by atoms with E-state index in [0.29, 0.717) is 0 Å². The summed E-state index contributed by atoms with van der Waals surface area (Å²) in [4.78, 5) is 17.9. The van der Waals surface area contributed by atoms with E-state index in [1.54, 1.807) is 12.4 Å². The zero-order valence-electron chi connectivity index (χ0n) is 17.7. The van der Waals surface area contributed by atoms with Crippen LogP contribution in [0.4, 0.5) is 5.69 Å². The highest BCUT2D eigenvalue weighted by Crippen LogP contribution is 2.36. The van der Waals surface area contributed by atoms with Gasteiger partial charge in [0.1, 0.15) is 0 Å². The second-order valence-electron chi connectivity index (χ2n) is 8.17. The molecule has 6 heteroatoms. The zero-order chi connectivity index (χ0) is 21.8. The fourth-order valence-corrected chi connectivity index (χ4v) is 4.45. The number of hydrogen-bond donors (Lipinski definition) is 3. The number of carbonyl (C=O) groups is 1. The van der Waals surface area contributed by atoms with Crippen LogP contribution in [0.1, 0.15) is 18.4 Å². The van der Waals surface area contributed by atoms with Crippen molar-refractivity contribution in [2.45, 2.75) is 18.3 Å². The molecule has 6 nitrogen and oxygen atoms in total. The van der Waals surface area contributed by atoms with E-state index < -0.39 is 5.41 Å². The normalized spacial score (nSPS) is 15.2. The van der Waals surface area contributed by atoms with Crippen molar-refractivity contribution in [3.63, 3.8) is 0 Å². The monoisotopic (exact) mass is 423 g/mol. The van der Waals surface area contributed by atoms with Crippen LogP contribution in [0.3, 0.4) is 0 Å². The number of anilines is 1. The fourth-order valence-electron chi connectivity index (χ4n) is 4.45. The number of nitrogens with zero attached hydrogens (tertiary/aromatic N) is 2. The molecule has 0 atom stereocenters. The van der Waals surface area contributed by atoms with E-state index in [0.717, 1.165) is 59.4 Å². The van der Waals surface area contributed by atoms with Gasteiger partial charge in [-0.15, -0.1) is 0 Å². The van der Waals surface area contributed by atoms with Crippen molar-refractivity contribution in [3.05, 3.63) is 91.0 Å². The zero-order valence-corrected chi connectivity index (χ0v) is 17.7. The molecular formula is C26H25N5O. The van der Waals surface area contributed by atoms with Crippen LogP contribution in [0.5, 0.6) is 0 Å². The Morgan fingerprint density at radius 2 is 1.69 bits per heavy atom. The van der Waals surface area contributed by atoms with Crippen molar-refractivity contribution < 1.29 is 4.79 Å². The molecule has 1 aliphatic rings. The van der Waals surface area contributed by atoms with E-state index in [9.17, 15) is 4.79 Å². The Hall–Kier alpha value is -3.77. The van der Waals surface area contributed by atoms with Gasteiger partial charge in [0, 0.05) is 35.4 Å². The largest absolute Gasteiger partial charge is 0.325 e. The maximum absolute atomic E-state index is 13.7. The lowest BCUT2D eigenvalue weighted by atomic mass is 9.72. The molecule has 0 radical (unpaired) electrons. The quantitative estimate of drug-likeness (QED) is 0.444. The van der Waals surface area contributed by atoms with Crippen LogP contribution in [0.15, 0.2) is 85.5 Å². The van der Waals surface area contributed by atoms with Gasteiger partial charge < -0.3 is 10.6 Å². The summed E-state index contributed by atoms with van der Waals surface area (Å²) in [6.45, 7) is 1.62. The molecule has 5 rings (SSSR count). The molecule has 1 aliphatic heterocycles. The number of nitrogens with one attached hydrogen (secondary N) is 3. The van der Waals surface area contributed by atoms with E-state index >= 15 is 0 Å². The first-order valence-corrected chi connectivity index (χ1v) is 10.9. The van der Waals surface area contributed by atoms with Crippen molar-refractivity contribution >= 4 is 11.6 Å². The van der Waals surface area contributed by atoms with Gasteiger partial charge in [0.15, 0.2) is 0 Å². The van der Waals surface area contributed by atoms with Gasteiger partial charge in [-0.25, -0.2) is 0 Å². The van der Waals surface area contributed by atoms with E-state index in [-0.39, 0.29) is 5.91 Å². The first kappa shape index (κ1) is 20.2. The number of carbonyl (C=O) groups excluding carboxylic acids is 1. The van der Waals surface area contributed by atoms with Crippen LogP contribution in [0.25, 0.3) is 22.3 Å². The standard InChI is InChI=1S/C26H25N5O/c32-25(31-24-5-1-3-20(15-24)21-4-2-12-28-16-21)26(10-13-27-14-11-26)23-8-6-19(7-9-23)22-17-29-30-18-22/h1-9,12,15-18,27H,10-11,13-14H2,(H,29,30)(H,31,32). The Kier molecular flexibility index (Phi) is 5.52. The molecule has 0 spiro atoms. The molecule has 0 aliphatic carbocycles. The van der Waals surface area contributed by atoms with Crippen LogP contribution in [0, 0.1) is 0 Å². The first-order valence-electron chi connectivity index (χ1n) is 10.9. The molecular weight excluding hydrogens is 398 g/mol. The topological polar surface area (TPSA) is 82.7 Å². The van der Waals surface area contributed by atoms with Gasteiger partial charge in [-0.2, -0.15) is 5.10 Å². The maximum Gasteiger partial charge on any atom is 0.235 e. The third-order valence-corrected chi connectivity index (χ3v) is 6.28. The molecule has 1 fully saturated rings. The Morgan fingerprint density at radius 1 is 0.875 bits per heavy atom. The van der Waals surface area contributed by atoms with Gasteiger partial charge in [-0.1, -0.05) is 42.5 Å². The number of H-pyrrole nitrogens is 1. The van der Waals surface area contributed by atoms with Crippen LogP contribution in [0.2, 0.25) is 0 Å². The van der Waals surface area contributed by atoms with Gasteiger partial charge in [0.25, 0.3) is 0 Å². The van der Waals surface area contributed by atoms with Gasteiger partial charge in [0.2, 0.25) is 5.91 Å². The maximum atomic E-state index is 13.7. The molecule has 2 aromatic heterocycles. The molecule has 1 saturated heterocycles. The molecule has 3 N–H and O–H groups in total. The highest BCUT2D eigenvalue weighted by molar-refractivity contribution is 5.99. The number of aromatic nitrogens is 3. The summed E-state index contributed by atoms with van der Waals surface area (Å²) in [6, 6.07) is 20.2. The van der Waals surface area contributed by atoms with Crippen molar-refractivity contribution in [1.82, 2.24) is 20.5 Å². The molecule has 160 valence electrons. The summed E-state index contributed by atoms with van der Waals surface area (Å²) in [6.07, 6.45) is 8.78. The van der Waals surface area contributed by atoms with Crippen LogP contribution in [-0.4, -0.2) is 34.2 Å². The average Bonchev–Trinajstić information content (AvgIpc) is 3.40. The lowest BCUT2D eigenvalue weighted by Crippen LogP contribution is -2.48. The molecule has 2 aromatic carbocycles. The van der Waals surface area contributed by atoms with Gasteiger partial charge in [-0.3, -0.25) is 14.9 Å². The first-order chi connectivity index (χ1) is 15.7. The van der Waals surface area contributed by atoms with Crippen molar-refractivity contribution in [2.24, 2.45) is 0 Å². The number of benzene rings is 2. The van der Waals surface area contributed by atoms with Crippen molar-refractivity contribution in [1.29, 1.82) is 0 Å². The Labute approximate surface area is 187 Å². The molecule has 0 bridgehead atoms. The second-order valence-corrected chi connectivity index (χ2v) is 8.17. The molecule has 0 saturated carbocycles. The summed E-state index contributed by atoms with van der Waals surface area (Å²) >= 11 is 0. The van der Waals surface area contributed by atoms with Crippen molar-refractivity contribution in [2.75, 3.05) is 18.4 Å². The smallest absolute Gasteiger partial charge is 0.235 e. The number of aromatic amines is 1. The van der Waals surface area contributed by atoms with E-state index in [2.05, 4.69) is 50.1 Å². The predicted octanol–water partition coefficient (Wildman–Crippen LogP) is 4.40. The van der Waals surface area contributed by atoms with E-state index in [4.69, 9.17) is 0 Å². The summed E-state index contributed by atoms with van der Waals surface area (Å²) in [7, 11) is 0. The number of hydrogen-bond acceptors (Lipinski definition) is 4. The van der Waals surface area contributed by atoms with Crippen molar-refractivity contribution in [3.8, 4) is 22.3 Å².